The van der Waals surface area contributed by atoms with Gasteiger partial charge in [-0.05, 0) is 17.7 Å². The van der Waals surface area contributed by atoms with Gasteiger partial charge in [-0.3, -0.25) is 19.3 Å². The number of nitrogens with one attached hydrogen (secondary N) is 1. The highest BCUT2D eigenvalue weighted by Gasteiger charge is 2.29. The van der Waals surface area contributed by atoms with Crippen molar-refractivity contribution in [2.24, 2.45) is 0 Å². The fourth-order valence-electron chi connectivity index (χ4n) is 2.61. The normalized spacial score (nSPS) is 14.6. The second-order valence-electron chi connectivity index (χ2n) is 5.36. The Morgan fingerprint density at radius 2 is 1.87 bits per heavy atom. The van der Waals surface area contributed by atoms with E-state index in [1.807, 2.05) is 0 Å². The lowest BCUT2D eigenvalue weighted by molar-refractivity contribution is -0.139. The Bertz CT molecular complexity index is 868. The Kier molecular flexibility index (Phi) is 3.69. The van der Waals surface area contributed by atoms with Gasteiger partial charge in [-0.25, -0.2) is 4.79 Å². The zero-order valence-electron chi connectivity index (χ0n) is 12.4. The molecular weight excluding hydrogens is 300 g/mol. The molecule has 1 aliphatic rings. The van der Waals surface area contributed by atoms with Gasteiger partial charge in [-0.2, -0.15) is 0 Å². The van der Waals surface area contributed by atoms with Crippen molar-refractivity contribution in [3.63, 3.8) is 0 Å². The summed E-state index contributed by atoms with van der Waals surface area (Å²) in [5.74, 6) is -0.728. The molecule has 0 spiro atoms. The van der Waals surface area contributed by atoms with E-state index in [9.17, 15) is 19.2 Å². The minimum absolute atomic E-state index is 0.0409. The molecule has 23 heavy (non-hydrogen) atoms. The summed E-state index contributed by atoms with van der Waals surface area (Å²) >= 11 is 0. The molecule has 0 saturated carbocycles. The first-order valence-electron chi connectivity index (χ1n) is 7.11. The standard InChI is InChI=1S/C16H14N2O5/c1-9(19)17-11-2-3-12-10(6-16(22)23-13(12)7-11)8-18-14(20)4-5-15(18)21/h2-3,6-7H,4-5,8H2,1H3,(H,17,19). The van der Waals surface area contributed by atoms with E-state index in [2.05, 4.69) is 5.32 Å². The molecule has 0 unspecified atom stereocenters. The maximum Gasteiger partial charge on any atom is 0.336 e. The van der Waals surface area contributed by atoms with E-state index < -0.39 is 5.63 Å². The van der Waals surface area contributed by atoms with E-state index in [1.165, 1.54) is 19.1 Å². The van der Waals surface area contributed by atoms with Gasteiger partial charge in [-0.1, -0.05) is 0 Å². The van der Waals surface area contributed by atoms with E-state index in [1.54, 1.807) is 12.1 Å². The zero-order chi connectivity index (χ0) is 16.6. The molecule has 118 valence electrons. The molecule has 3 amide bonds. The van der Waals surface area contributed by atoms with E-state index in [-0.39, 0.29) is 42.7 Å². The highest BCUT2D eigenvalue weighted by molar-refractivity contribution is 6.02. The molecule has 1 aromatic heterocycles. The summed E-state index contributed by atoms with van der Waals surface area (Å²) in [4.78, 5) is 47.5. The molecule has 1 N–H and O–H groups in total. The molecule has 0 aliphatic carbocycles. The average molecular weight is 314 g/mol. The molecular formula is C16H14N2O5. The number of nitrogens with zero attached hydrogens (tertiary/aromatic N) is 1. The lowest BCUT2D eigenvalue weighted by Crippen LogP contribution is -2.28. The highest BCUT2D eigenvalue weighted by Crippen LogP contribution is 2.24. The van der Waals surface area contributed by atoms with Crippen LogP contribution in [0.25, 0.3) is 11.0 Å². The summed E-state index contributed by atoms with van der Waals surface area (Å²) < 4.78 is 5.15. The summed E-state index contributed by atoms with van der Waals surface area (Å²) in [6.45, 7) is 1.42. The lowest BCUT2D eigenvalue weighted by atomic mass is 10.1. The predicted molar refractivity (Wildman–Crippen MR) is 81.6 cm³/mol. The molecule has 2 heterocycles. The van der Waals surface area contributed by atoms with Crippen molar-refractivity contribution in [3.05, 3.63) is 40.2 Å². The quantitative estimate of drug-likeness (QED) is 0.682. The van der Waals surface area contributed by atoms with Crippen molar-refractivity contribution in [2.45, 2.75) is 26.3 Å². The lowest BCUT2D eigenvalue weighted by Gasteiger charge is -2.15. The average Bonchev–Trinajstić information content (AvgIpc) is 2.78. The molecule has 0 atom stereocenters. The predicted octanol–water partition coefficient (Wildman–Crippen LogP) is 1.40. The Balaban J connectivity index is 2.03. The summed E-state index contributed by atoms with van der Waals surface area (Å²) in [5.41, 5.74) is 0.747. The third-order valence-electron chi connectivity index (χ3n) is 3.63. The molecule has 0 radical (unpaired) electrons. The maximum atomic E-state index is 11.7. The minimum Gasteiger partial charge on any atom is -0.423 e. The fraction of sp³-hybridized carbons (Fsp3) is 0.250. The van der Waals surface area contributed by atoms with Crippen molar-refractivity contribution >= 4 is 34.4 Å². The molecule has 1 aromatic carbocycles. The number of rotatable bonds is 3. The van der Waals surface area contributed by atoms with Gasteiger partial charge in [-0.15, -0.1) is 0 Å². The first-order chi connectivity index (χ1) is 10.9. The van der Waals surface area contributed by atoms with Crippen LogP contribution < -0.4 is 10.9 Å². The first kappa shape index (κ1) is 15.0. The summed E-state index contributed by atoms with van der Waals surface area (Å²) in [5, 5.41) is 3.22. The van der Waals surface area contributed by atoms with Gasteiger partial charge in [0.15, 0.2) is 0 Å². The van der Waals surface area contributed by atoms with E-state index in [0.29, 0.717) is 16.6 Å². The minimum atomic E-state index is -0.577. The highest BCUT2D eigenvalue weighted by atomic mass is 16.4. The number of anilines is 1. The van der Waals surface area contributed by atoms with Gasteiger partial charge in [0.2, 0.25) is 17.7 Å². The van der Waals surface area contributed by atoms with Crippen molar-refractivity contribution in [3.8, 4) is 0 Å². The Labute approximate surface area is 130 Å². The number of imide groups is 1. The van der Waals surface area contributed by atoms with Crippen LogP contribution in [-0.2, 0) is 20.9 Å². The van der Waals surface area contributed by atoms with Gasteiger partial charge in [0.05, 0.1) is 6.54 Å². The van der Waals surface area contributed by atoms with Crippen LogP contribution in [0.2, 0.25) is 0 Å². The molecule has 2 aromatic rings. The van der Waals surface area contributed by atoms with Crippen LogP contribution in [0.15, 0.2) is 33.5 Å². The molecule has 1 aliphatic heterocycles. The van der Waals surface area contributed by atoms with Crippen molar-refractivity contribution in [1.29, 1.82) is 0 Å². The van der Waals surface area contributed by atoms with E-state index in [0.717, 1.165) is 4.90 Å². The zero-order valence-corrected chi connectivity index (χ0v) is 12.4. The largest absolute Gasteiger partial charge is 0.423 e. The van der Waals surface area contributed by atoms with Crippen LogP contribution in [0.1, 0.15) is 25.3 Å². The van der Waals surface area contributed by atoms with Gasteiger partial charge >= 0.3 is 5.63 Å². The number of hydrogen-bond acceptors (Lipinski definition) is 5. The maximum absolute atomic E-state index is 11.7. The Morgan fingerprint density at radius 3 is 2.52 bits per heavy atom. The summed E-state index contributed by atoms with van der Waals surface area (Å²) in [6, 6.07) is 6.17. The number of benzene rings is 1. The van der Waals surface area contributed by atoms with Crippen LogP contribution in [-0.4, -0.2) is 22.6 Å². The van der Waals surface area contributed by atoms with Crippen LogP contribution in [0.4, 0.5) is 5.69 Å². The molecule has 1 saturated heterocycles. The third-order valence-corrected chi connectivity index (χ3v) is 3.63. The van der Waals surface area contributed by atoms with Crippen molar-refractivity contribution in [1.82, 2.24) is 4.90 Å². The van der Waals surface area contributed by atoms with Crippen LogP contribution >= 0.6 is 0 Å². The molecule has 7 nitrogen and oxygen atoms in total. The van der Waals surface area contributed by atoms with Crippen LogP contribution in [0.3, 0.4) is 0 Å². The molecule has 7 heteroatoms. The Hall–Kier alpha value is -2.96. The number of carbonyl (C=O) groups excluding carboxylic acids is 3. The first-order valence-corrected chi connectivity index (χ1v) is 7.11. The third kappa shape index (κ3) is 2.98. The monoisotopic (exact) mass is 314 g/mol. The van der Waals surface area contributed by atoms with Gasteiger partial charge in [0, 0.05) is 43.0 Å². The number of fused-ring (bicyclic) bond motifs is 1. The van der Waals surface area contributed by atoms with Crippen molar-refractivity contribution < 1.29 is 18.8 Å². The second-order valence-corrected chi connectivity index (χ2v) is 5.36. The van der Waals surface area contributed by atoms with Gasteiger partial charge in [0.1, 0.15) is 5.58 Å². The summed E-state index contributed by atoms with van der Waals surface area (Å²) in [7, 11) is 0. The van der Waals surface area contributed by atoms with Crippen LogP contribution in [0, 0.1) is 0 Å². The number of carbonyl (C=O) groups is 3. The Morgan fingerprint density at radius 1 is 1.17 bits per heavy atom. The number of hydrogen-bond donors (Lipinski definition) is 1. The molecule has 1 fully saturated rings. The number of likely N-dealkylation sites (tertiary alicyclic amines) is 1. The second kappa shape index (κ2) is 5.68. The number of amides is 3. The summed E-state index contributed by atoms with van der Waals surface area (Å²) in [6.07, 6.45) is 0.399. The van der Waals surface area contributed by atoms with E-state index in [4.69, 9.17) is 4.42 Å². The SMILES string of the molecule is CC(=O)Nc1ccc2c(CN3C(=O)CCC3=O)cc(=O)oc2c1. The smallest absolute Gasteiger partial charge is 0.336 e. The molecule has 0 bridgehead atoms. The van der Waals surface area contributed by atoms with Crippen LogP contribution in [0.5, 0.6) is 0 Å². The topological polar surface area (TPSA) is 96.7 Å². The van der Waals surface area contributed by atoms with E-state index >= 15 is 0 Å². The van der Waals surface area contributed by atoms with Gasteiger partial charge in [0.25, 0.3) is 0 Å². The fourth-order valence-corrected chi connectivity index (χ4v) is 2.61. The van der Waals surface area contributed by atoms with Gasteiger partial charge < -0.3 is 9.73 Å². The molecule has 3 rings (SSSR count). The van der Waals surface area contributed by atoms with Crippen molar-refractivity contribution in [2.75, 3.05) is 5.32 Å².